The van der Waals surface area contributed by atoms with Crippen LogP contribution in [0.25, 0.3) is 0 Å². The Morgan fingerprint density at radius 2 is 1.75 bits per heavy atom. The highest BCUT2D eigenvalue weighted by Crippen LogP contribution is 2.38. The van der Waals surface area contributed by atoms with E-state index >= 15 is 0 Å². The molecule has 188 valence electrons. The Labute approximate surface area is 217 Å². The van der Waals surface area contributed by atoms with E-state index in [2.05, 4.69) is 52.0 Å². The summed E-state index contributed by atoms with van der Waals surface area (Å²) in [4.78, 5) is 26.1. The van der Waals surface area contributed by atoms with Crippen LogP contribution in [0.2, 0.25) is 5.02 Å². The van der Waals surface area contributed by atoms with Gasteiger partial charge in [-0.05, 0) is 58.9 Å². The summed E-state index contributed by atoms with van der Waals surface area (Å²) in [6.45, 7) is 8.38. The molecule has 5 nitrogen and oxygen atoms in total. The molecule has 1 N–H and O–H groups in total. The Morgan fingerprint density at radius 3 is 2.39 bits per heavy atom. The number of hydrogen-bond donors (Lipinski definition) is 1. The molecule has 1 atom stereocenters. The van der Waals surface area contributed by atoms with Gasteiger partial charge >= 0.3 is 5.97 Å². The van der Waals surface area contributed by atoms with Crippen LogP contribution in [0.1, 0.15) is 60.3 Å². The zero-order valence-electron chi connectivity index (χ0n) is 21.2. The van der Waals surface area contributed by atoms with Gasteiger partial charge in [0.15, 0.2) is 0 Å². The summed E-state index contributed by atoms with van der Waals surface area (Å²) < 4.78 is 6.33. The predicted molar refractivity (Wildman–Crippen MR) is 142 cm³/mol. The van der Waals surface area contributed by atoms with E-state index in [0.717, 1.165) is 17.7 Å². The van der Waals surface area contributed by atoms with Crippen molar-refractivity contribution in [3.8, 4) is 5.75 Å². The predicted octanol–water partition coefficient (Wildman–Crippen LogP) is 6.30. The van der Waals surface area contributed by atoms with Gasteiger partial charge in [-0.25, -0.2) is 0 Å². The van der Waals surface area contributed by atoms with Crippen molar-refractivity contribution in [1.29, 1.82) is 0 Å². The third-order valence-electron chi connectivity index (χ3n) is 6.56. The molecule has 4 rings (SSSR count). The number of amides is 1. The van der Waals surface area contributed by atoms with E-state index in [-0.39, 0.29) is 17.9 Å². The minimum Gasteiger partial charge on any atom is -0.487 e. The van der Waals surface area contributed by atoms with Crippen LogP contribution in [0.4, 0.5) is 0 Å². The van der Waals surface area contributed by atoms with Gasteiger partial charge in [-0.2, -0.15) is 0 Å². The van der Waals surface area contributed by atoms with E-state index in [9.17, 15) is 14.7 Å². The number of benzene rings is 3. The van der Waals surface area contributed by atoms with Crippen LogP contribution >= 0.6 is 11.6 Å². The minimum absolute atomic E-state index is 0.103. The number of carboxylic acid groups (broad SMARTS) is 1. The lowest BCUT2D eigenvalue weighted by Crippen LogP contribution is -2.35. The van der Waals surface area contributed by atoms with Crippen LogP contribution in [0.5, 0.6) is 5.75 Å². The normalized spacial score (nSPS) is 16.8. The maximum absolute atomic E-state index is 13.3. The second-order valence-corrected chi connectivity index (χ2v) is 11.2. The summed E-state index contributed by atoms with van der Waals surface area (Å²) in [7, 11) is 0. The number of rotatable bonds is 7. The average molecular weight is 506 g/mol. The largest absolute Gasteiger partial charge is 0.487 e. The molecular formula is C30H32ClNO4. The number of nitrogens with zero attached hydrogens (tertiary/aromatic N) is 1. The first kappa shape index (κ1) is 25.8. The fraction of sp³-hybridized carbons (Fsp3) is 0.333. The zero-order chi connectivity index (χ0) is 26.1. The molecule has 0 bridgehead atoms. The summed E-state index contributed by atoms with van der Waals surface area (Å²) in [6.07, 6.45) is 1.40. The van der Waals surface area contributed by atoms with Crippen molar-refractivity contribution in [1.82, 2.24) is 4.90 Å². The minimum atomic E-state index is -1.08. The highest BCUT2D eigenvalue weighted by atomic mass is 35.5. The van der Waals surface area contributed by atoms with E-state index in [0.29, 0.717) is 22.6 Å². The lowest BCUT2D eigenvalue weighted by atomic mass is 9.85. The number of carbonyl (C=O) groups excluding carboxylic acids is 1. The molecule has 0 fully saturated rings. The summed E-state index contributed by atoms with van der Waals surface area (Å²) in [6, 6.07) is 21.1. The molecule has 1 aliphatic heterocycles. The molecule has 6 heteroatoms. The number of carboxylic acids is 1. The highest BCUT2D eigenvalue weighted by Gasteiger charge is 2.36. The third kappa shape index (κ3) is 5.90. The maximum Gasteiger partial charge on any atom is 0.323 e. The first-order valence-electron chi connectivity index (χ1n) is 12.1. The number of ether oxygens (including phenoxy) is 1. The lowest BCUT2D eigenvalue weighted by Gasteiger charge is -2.25. The molecule has 1 heterocycles. The molecule has 0 aliphatic carbocycles. The van der Waals surface area contributed by atoms with Gasteiger partial charge in [-0.1, -0.05) is 74.8 Å². The van der Waals surface area contributed by atoms with Crippen LogP contribution < -0.4 is 4.74 Å². The molecule has 36 heavy (non-hydrogen) atoms. The topological polar surface area (TPSA) is 66.8 Å². The Balaban J connectivity index is 1.51. The lowest BCUT2D eigenvalue weighted by molar-refractivity contribution is -0.137. The van der Waals surface area contributed by atoms with Crippen molar-refractivity contribution >= 4 is 23.5 Å². The van der Waals surface area contributed by atoms with E-state index in [4.69, 9.17) is 16.3 Å². The summed E-state index contributed by atoms with van der Waals surface area (Å²) in [5.74, 6) is -0.673. The molecule has 1 amide bonds. The number of carbonyl (C=O) groups is 2. The van der Waals surface area contributed by atoms with Gasteiger partial charge in [0.05, 0.1) is 0 Å². The van der Waals surface area contributed by atoms with Crippen molar-refractivity contribution in [3.63, 3.8) is 0 Å². The zero-order valence-corrected chi connectivity index (χ0v) is 21.9. The Morgan fingerprint density at radius 1 is 1.06 bits per heavy atom. The molecule has 3 aromatic carbocycles. The smallest absolute Gasteiger partial charge is 0.323 e. The molecule has 1 aliphatic rings. The van der Waals surface area contributed by atoms with Crippen LogP contribution in [0.3, 0.4) is 0 Å². The van der Waals surface area contributed by atoms with Crippen LogP contribution in [0, 0.1) is 0 Å². The summed E-state index contributed by atoms with van der Waals surface area (Å²) >= 11 is 6.26. The van der Waals surface area contributed by atoms with E-state index < -0.39 is 18.1 Å². The van der Waals surface area contributed by atoms with Gasteiger partial charge in [0.1, 0.15) is 17.9 Å². The first-order valence-corrected chi connectivity index (χ1v) is 12.5. The quantitative estimate of drug-likeness (QED) is 0.409. The fourth-order valence-corrected chi connectivity index (χ4v) is 4.88. The second-order valence-electron chi connectivity index (χ2n) is 10.8. The van der Waals surface area contributed by atoms with Gasteiger partial charge in [0.25, 0.3) is 5.91 Å². The monoisotopic (exact) mass is 505 g/mol. The van der Waals surface area contributed by atoms with Crippen molar-refractivity contribution in [2.45, 2.75) is 58.1 Å². The van der Waals surface area contributed by atoms with Gasteiger partial charge in [0, 0.05) is 30.0 Å². The van der Waals surface area contributed by atoms with Crippen molar-refractivity contribution in [3.05, 3.63) is 99.6 Å². The molecule has 3 aromatic rings. The van der Waals surface area contributed by atoms with Gasteiger partial charge in [0.2, 0.25) is 0 Å². The van der Waals surface area contributed by atoms with E-state index in [1.807, 2.05) is 18.2 Å². The fourth-order valence-electron chi connectivity index (χ4n) is 4.69. The van der Waals surface area contributed by atoms with Gasteiger partial charge in [-0.15, -0.1) is 0 Å². The molecule has 0 unspecified atom stereocenters. The number of halogens is 1. The Bertz CT molecular complexity index is 1280. The second kappa shape index (κ2) is 9.98. The molecular weight excluding hydrogens is 474 g/mol. The SMILES string of the molecule is CC(C)(C)c1ccc(C[C@@]2(C)Cc3cc(C(=O)N(CC(=O)O)Cc4ccccc4Cl)ccc3O2)cc1. The van der Waals surface area contributed by atoms with E-state index in [1.165, 1.54) is 16.0 Å². The number of aliphatic carboxylic acids is 1. The Hall–Kier alpha value is -3.31. The average Bonchev–Trinajstić information content (AvgIpc) is 3.13. The van der Waals surface area contributed by atoms with Crippen LogP contribution in [0.15, 0.2) is 66.7 Å². The highest BCUT2D eigenvalue weighted by molar-refractivity contribution is 6.31. The van der Waals surface area contributed by atoms with Crippen molar-refractivity contribution in [2.24, 2.45) is 0 Å². The summed E-state index contributed by atoms with van der Waals surface area (Å²) in [5, 5.41) is 9.90. The van der Waals surface area contributed by atoms with Crippen molar-refractivity contribution in [2.75, 3.05) is 6.54 Å². The molecule has 0 saturated carbocycles. The van der Waals surface area contributed by atoms with Crippen LogP contribution in [-0.2, 0) is 29.6 Å². The maximum atomic E-state index is 13.3. The van der Waals surface area contributed by atoms with Crippen molar-refractivity contribution < 1.29 is 19.4 Å². The number of hydrogen-bond acceptors (Lipinski definition) is 3. The summed E-state index contributed by atoms with van der Waals surface area (Å²) in [5.41, 5.74) is 4.24. The standard InChI is InChI=1S/C30H32ClNO4/c1-29(2,3)24-12-9-20(10-13-24)16-30(4)17-23-15-21(11-14-26(23)36-30)28(35)32(19-27(33)34)18-22-7-5-6-8-25(22)31/h5-15H,16-19H2,1-4H3,(H,33,34)/t30-/m0/s1. The van der Waals surface area contributed by atoms with Gasteiger partial charge in [-0.3, -0.25) is 9.59 Å². The molecule has 0 spiro atoms. The molecule has 0 aromatic heterocycles. The third-order valence-corrected chi connectivity index (χ3v) is 6.93. The first-order chi connectivity index (χ1) is 16.9. The number of fused-ring (bicyclic) bond motifs is 1. The van der Waals surface area contributed by atoms with E-state index in [1.54, 1.807) is 24.3 Å². The van der Waals surface area contributed by atoms with Crippen LogP contribution in [-0.4, -0.2) is 34.0 Å². The molecule has 0 saturated heterocycles. The molecule has 0 radical (unpaired) electrons. The van der Waals surface area contributed by atoms with Gasteiger partial charge < -0.3 is 14.7 Å². The Kier molecular flexibility index (Phi) is 7.14.